The molecule has 0 amide bonds. The van der Waals surface area contributed by atoms with Gasteiger partial charge >= 0.3 is 0 Å². The Morgan fingerprint density at radius 1 is 1.11 bits per heavy atom. The van der Waals surface area contributed by atoms with Crippen molar-refractivity contribution in [2.45, 2.75) is 20.0 Å². The minimum atomic E-state index is -0.00266. The number of aryl methyl sites for hydroxylation is 1. The molecule has 5 heteroatoms. The molecule has 1 aliphatic rings. The Balaban J connectivity index is 1.65. The molecule has 0 atom stereocenters. The van der Waals surface area contributed by atoms with Gasteiger partial charge in [0.1, 0.15) is 0 Å². The highest BCUT2D eigenvalue weighted by Crippen LogP contribution is 2.29. The van der Waals surface area contributed by atoms with Gasteiger partial charge in [-0.2, -0.15) is 0 Å². The molecule has 0 saturated heterocycles. The number of nitrogens with zero attached hydrogens (tertiary/aromatic N) is 2. The van der Waals surface area contributed by atoms with Gasteiger partial charge in [0.15, 0.2) is 17.6 Å². The topological polar surface area (TPSA) is 62.1 Å². The van der Waals surface area contributed by atoms with Crippen LogP contribution in [-0.4, -0.2) is 21.9 Å². The summed E-state index contributed by atoms with van der Waals surface area (Å²) in [7, 11) is 2.12. The van der Waals surface area contributed by atoms with Crippen LogP contribution in [0.2, 0.25) is 0 Å². The van der Waals surface area contributed by atoms with E-state index in [1.165, 1.54) is 17.5 Å². The lowest BCUT2D eigenvalue weighted by molar-refractivity contribution is 0.353. The van der Waals surface area contributed by atoms with Crippen molar-refractivity contribution in [1.29, 1.82) is 0 Å². The molecule has 134 valence electrons. The Morgan fingerprint density at radius 2 is 1.96 bits per heavy atom. The van der Waals surface area contributed by atoms with Crippen LogP contribution in [0.5, 0.6) is 0 Å². The predicted octanol–water partition coefficient (Wildman–Crippen LogP) is 4.10. The number of hydrogen-bond acceptors (Lipinski definition) is 4. The summed E-state index contributed by atoms with van der Waals surface area (Å²) in [5, 5.41) is 0.650. The van der Waals surface area contributed by atoms with Crippen LogP contribution in [0.1, 0.15) is 16.7 Å². The van der Waals surface area contributed by atoms with E-state index in [1.54, 1.807) is 12.3 Å². The predicted molar refractivity (Wildman–Crippen MR) is 105 cm³/mol. The van der Waals surface area contributed by atoms with Crippen LogP contribution in [-0.2, 0) is 13.1 Å². The van der Waals surface area contributed by atoms with E-state index in [-0.39, 0.29) is 5.43 Å². The molecule has 0 unspecified atom stereocenters. The Hall–Kier alpha value is -3.18. The maximum Gasteiger partial charge on any atom is 0.190 e. The van der Waals surface area contributed by atoms with Crippen LogP contribution in [0.4, 0.5) is 0 Å². The number of fused-ring (bicyclic) bond motifs is 2. The molecule has 2 aromatic carbocycles. The molecule has 5 rings (SSSR count). The standard InChI is InChI=1S/C22H19N3O2/c1-13-5-20-18(7-17(13)22-9-23-12-27-22)21(26)8-19(24-20)14-3-4-15-10-25(2)11-16(15)6-14/h3-9,12H,10-11H2,1-2H3,(H,24,26). The zero-order chi connectivity index (χ0) is 18.5. The Bertz CT molecular complexity index is 1220. The van der Waals surface area contributed by atoms with Crippen LogP contribution in [0.25, 0.3) is 33.5 Å². The summed E-state index contributed by atoms with van der Waals surface area (Å²) in [6.07, 6.45) is 3.07. The Morgan fingerprint density at radius 3 is 2.78 bits per heavy atom. The molecule has 4 aromatic rings. The van der Waals surface area contributed by atoms with Crippen molar-refractivity contribution in [3.05, 3.63) is 75.9 Å². The van der Waals surface area contributed by atoms with Gasteiger partial charge in [-0.15, -0.1) is 0 Å². The van der Waals surface area contributed by atoms with Crippen LogP contribution in [0.3, 0.4) is 0 Å². The fourth-order valence-electron chi connectivity index (χ4n) is 3.91. The fourth-order valence-corrected chi connectivity index (χ4v) is 3.91. The number of pyridine rings is 1. The van der Waals surface area contributed by atoms with Crippen LogP contribution in [0, 0.1) is 6.92 Å². The Kier molecular flexibility index (Phi) is 3.52. The summed E-state index contributed by atoms with van der Waals surface area (Å²) in [4.78, 5) is 22.5. The number of rotatable bonds is 2. The first-order chi connectivity index (χ1) is 13.1. The SMILES string of the molecule is Cc1cc2[nH]c(-c3ccc4c(c3)CN(C)C4)cc(=O)c2cc1-c1cnco1. The van der Waals surface area contributed by atoms with E-state index >= 15 is 0 Å². The van der Waals surface area contributed by atoms with Gasteiger partial charge in [0.25, 0.3) is 0 Å². The molecule has 3 heterocycles. The second kappa shape index (κ2) is 5.93. The van der Waals surface area contributed by atoms with Crippen molar-refractivity contribution >= 4 is 10.9 Å². The summed E-state index contributed by atoms with van der Waals surface area (Å²) in [6.45, 7) is 3.93. The largest absolute Gasteiger partial charge is 0.444 e. The molecular formula is C22H19N3O2. The summed E-state index contributed by atoms with van der Waals surface area (Å²) in [6, 6.07) is 12.0. The maximum absolute atomic E-state index is 12.8. The van der Waals surface area contributed by atoms with E-state index in [9.17, 15) is 4.79 Å². The molecule has 0 saturated carbocycles. The van der Waals surface area contributed by atoms with E-state index in [2.05, 4.69) is 40.1 Å². The zero-order valence-electron chi connectivity index (χ0n) is 15.2. The smallest absolute Gasteiger partial charge is 0.190 e. The number of aromatic nitrogens is 2. The number of oxazole rings is 1. The number of nitrogens with one attached hydrogen (secondary N) is 1. The van der Waals surface area contributed by atoms with Gasteiger partial charge in [-0.1, -0.05) is 12.1 Å². The molecule has 5 nitrogen and oxygen atoms in total. The van der Waals surface area contributed by atoms with Crippen molar-refractivity contribution in [3.8, 4) is 22.6 Å². The van der Waals surface area contributed by atoms with Gasteiger partial charge in [-0.25, -0.2) is 4.98 Å². The minimum Gasteiger partial charge on any atom is -0.444 e. The van der Waals surface area contributed by atoms with Crippen molar-refractivity contribution in [2.24, 2.45) is 0 Å². The number of aromatic amines is 1. The first-order valence-electron chi connectivity index (χ1n) is 8.96. The van der Waals surface area contributed by atoms with Crippen molar-refractivity contribution in [1.82, 2.24) is 14.9 Å². The van der Waals surface area contributed by atoms with E-state index in [1.807, 2.05) is 19.1 Å². The molecule has 0 bridgehead atoms. The van der Waals surface area contributed by atoms with Crippen molar-refractivity contribution in [3.63, 3.8) is 0 Å². The van der Waals surface area contributed by atoms with E-state index in [4.69, 9.17) is 4.42 Å². The molecule has 1 aliphatic heterocycles. The molecule has 1 N–H and O–H groups in total. The third-order valence-corrected chi connectivity index (χ3v) is 5.27. The lowest BCUT2D eigenvalue weighted by Crippen LogP contribution is -2.07. The van der Waals surface area contributed by atoms with Gasteiger partial charge in [0.2, 0.25) is 0 Å². The monoisotopic (exact) mass is 357 g/mol. The summed E-state index contributed by atoms with van der Waals surface area (Å²) in [5.74, 6) is 0.667. The van der Waals surface area contributed by atoms with E-state index in [0.717, 1.165) is 41.0 Å². The summed E-state index contributed by atoms with van der Waals surface area (Å²) < 4.78 is 5.41. The normalized spacial score (nSPS) is 14.0. The van der Waals surface area contributed by atoms with Gasteiger partial charge in [-0.05, 0) is 54.4 Å². The number of H-pyrrole nitrogens is 1. The Labute approximate surface area is 156 Å². The molecule has 0 radical (unpaired) electrons. The van der Waals surface area contributed by atoms with Gasteiger partial charge in [0, 0.05) is 35.8 Å². The average molecular weight is 357 g/mol. The van der Waals surface area contributed by atoms with Gasteiger partial charge in [-0.3, -0.25) is 9.69 Å². The first kappa shape index (κ1) is 16.0. The molecule has 27 heavy (non-hydrogen) atoms. The fraction of sp³-hybridized carbons (Fsp3) is 0.182. The molecule has 0 spiro atoms. The van der Waals surface area contributed by atoms with E-state index in [0.29, 0.717) is 11.1 Å². The van der Waals surface area contributed by atoms with Gasteiger partial charge in [0.05, 0.1) is 11.7 Å². The number of benzene rings is 2. The summed E-state index contributed by atoms with van der Waals surface area (Å²) >= 11 is 0. The van der Waals surface area contributed by atoms with Crippen LogP contribution in [0.15, 0.2) is 58.2 Å². The molecular weight excluding hydrogens is 338 g/mol. The van der Waals surface area contributed by atoms with Crippen LogP contribution >= 0.6 is 0 Å². The second-order valence-electron chi connectivity index (χ2n) is 7.28. The lowest BCUT2D eigenvalue weighted by atomic mass is 10.0. The van der Waals surface area contributed by atoms with E-state index < -0.39 is 0 Å². The molecule has 0 fully saturated rings. The second-order valence-corrected chi connectivity index (χ2v) is 7.28. The highest BCUT2D eigenvalue weighted by atomic mass is 16.3. The quantitative estimate of drug-likeness (QED) is 0.587. The third kappa shape index (κ3) is 2.67. The zero-order valence-corrected chi connectivity index (χ0v) is 15.2. The average Bonchev–Trinajstić information content (AvgIpc) is 3.28. The minimum absolute atomic E-state index is 0.00266. The molecule has 0 aliphatic carbocycles. The first-order valence-corrected chi connectivity index (χ1v) is 8.96. The van der Waals surface area contributed by atoms with Crippen LogP contribution < -0.4 is 5.43 Å². The highest BCUT2D eigenvalue weighted by molar-refractivity contribution is 5.87. The molecule has 2 aromatic heterocycles. The maximum atomic E-state index is 12.8. The highest BCUT2D eigenvalue weighted by Gasteiger charge is 2.17. The number of hydrogen-bond donors (Lipinski definition) is 1. The third-order valence-electron chi connectivity index (χ3n) is 5.27. The summed E-state index contributed by atoms with van der Waals surface area (Å²) in [5.41, 5.74) is 7.32. The lowest BCUT2D eigenvalue weighted by Gasteiger charge is -2.09. The van der Waals surface area contributed by atoms with Crippen molar-refractivity contribution in [2.75, 3.05) is 7.05 Å². The van der Waals surface area contributed by atoms with Gasteiger partial charge < -0.3 is 9.40 Å². The van der Waals surface area contributed by atoms with Crippen molar-refractivity contribution < 1.29 is 4.42 Å².